The van der Waals surface area contributed by atoms with Crippen LogP contribution < -0.4 is 0 Å². The molecule has 0 saturated heterocycles. The van der Waals surface area contributed by atoms with E-state index in [0.29, 0.717) is 16.6 Å². The number of thioether (sulfide) groups is 1. The quantitative estimate of drug-likeness (QED) is 0.837. The summed E-state index contributed by atoms with van der Waals surface area (Å²) in [6, 6.07) is 0.489. The van der Waals surface area contributed by atoms with Crippen molar-refractivity contribution in [3.8, 4) is 0 Å². The first-order valence-corrected chi connectivity index (χ1v) is 8.06. The van der Waals surface area contributed by atoms with Crippen molar-refractivity contribution in [1.29, 1.82) is 0 Å². The highest BCUT2D eigenvalue weighted by molar-refractivity contribution is 7.99. The third-order valence-electron chi connectivity index (χ3n) is 3.50. The van der Waals surface area contributed by atoms with Gasteiger partial charge < -0.3 is 0 Å². The van der Waals surface area contributed by atoms with Crippen molar-refractivity contribution < 1.29 is 0 Å². The van der Waals surface area contributed by atoms with E-state index in [0.717, 1.165) is 18.7 Å². The number of aromatic nitrogens is 3. The predicted octanol–water partition coefficient (Wildman–Crippen LogP) is 3.73. The summed E-state index contributed by atoms with van der Waals surface area (Å²) in [4.78, 5) is 0. The lowest BCUT2D eigenvalue weighted by Crippen LogP contribution is -2.26. The molecule has 1 saturated carbocycles. The lowest BCUT2D eigenvalue weighted by Gasteiger charge is -2.32. The van der Waals surface area contributed by atoms with Gasteiger partial charge in [0.15, 0.2) is 0 Å². The minimum absolute atomic E-state index is 0.489. The summed E-state index contributed by atoms with van der Waals surface area (Å²) in [5.74, 6) is 1.06. The zero-order valence-corrected chi connectivity index (χ0v) is 12.1. The van der Waals surface area contributed by atoms with E-state index in [1.165, 1.54) is 25.7 Å². The van der Waals surface area contributed by atoms with Gasteiger partial charge in [0.1, 0.15) is 5.82 Å². The molecule has 0 aromatic carbocycles. The lowest BCUT2D eigenvalue weighted by atomic mass is 9.94. The highest BCUT2D eigenvalue weighted by atomic mass is 35.5. The topological polar surface area (TPSA) is 30.7 Å². The van der Waals surface area contributed by atoms with Crippen molar-refractivity contribution in [3.05, 3.63) is 11.1 Å². The van der Waals surface area contributed by atoms with E-state index in [-0.39, 0.29) is 0 Å². The molecule has 3 nitrogen and oxygen atoms in total. The fourth-order valence-corrected chi connectivity index (χ4v) is 3.91. The fourth-order valence-electron chi connectivity index (χ4n) is 2.67. The molecule has 0 spiro atoms. The Hall–Kier alpha value is -0.220. The minimum atomic E-state index is 0.489. The number of nitrogens with zero attached hydrogens (tertiary/aromatic N) is 3. The monoisotopic (exact) mass is 273 g/mol. The summed E-state index contributed by atoms with van der Waals surface area (Å²) in [5, 5.41) is 9.50. The second-order valence-electron chi connectivity index (χ2n) is 4.63. The van der Waals surface area contributed by atoms with Crippen molar-refractivity contribution in [1.82, 2.24) is 14.8 Å². The van der Waals surface area contributed by atoms with Crippen LogP contribution in [0.2, 0.25) is 5.28 Å². The van der Waals surface area contributed by atoms with Crippen LogP contribution in [0.4, 0.5) is 0 Å². The molecular formula is C12H20ClN3S. The Morgan fingerprint density at radius 1 is 1.35 bits per heavy atom. The summed E-state index contributed by atoms with van der Waals surface area (Å²) >= 11 is 8.17. The molecule has 96 valence electrons. The molecular weight excluding hydrogens is 254 g/mol. The molecule has 0 amide bonds. The van der Waals surface area contributed by atoms with E-state index in [9.17, 15) is 0 Å². The number of aryl methyl sites for hydroxylation is 1. The van der Waals surface area contributed by atoms with Gasteiger partial charge in [0.05, 0.1) is 0 Å². The molecule has 1 fully saturated rings. The molecule has 2 unspecified atom stereocenters. The summed E-state index contributed by atoms with van der Waals surface area (Å²) in [6.07, 6.45) is 9.38. The van der Waals surface area contributed by atoms with Crippen LogP contribution in [-0.4, -0.2) is 26.3 Å². The van der Waals surface area contributed by atoms with Gasteiger partial charge in [-0.25, -0.2) is 0 Å². The molecule has 1 heterocycles. The summed E-state index contributed by atoms with van der Waals surface area (Å²) in [7, 11) is 0. The van der Waals surface area contributed by atoms with E-state index >= 15 is 0 Å². The normalized spacial score (nSPS) is 25.1. The first-order chi connectivity index (χ1) is 8.27. The maximum absolute atomic E-state index is 6.22. The van der Waals surface area contributed by atoms with Crippen LogP contribution in [0.1, 0.15) is 50.9 Å². The average Bonchev–Trinajstić information content (AvgIpc) is 2.71. The fraction of sp³-hybridized carbons (Fsp3) is 0.833. The van der Waals surface area contributed by atoms with Crippen LogP contribution in [-0.2, 0) is 6.42 Å². The van der Waals surface area contributed by atoms with Crippen molar-refractivity contribution in [2.75, 3.05) is 6.26 Å². The standard InChI is InChI=1S/C12H20ClN3S/c1-3-6-11-14-15-12(13)16(11)9-7-4-5-8-10(9)17-2/h9-10H,3-8H2,1-2H3. The van der Waals surface area contributed by atoms with Gasteiger partial charge in [-0.1, -0.05) is 19.8 Å². The Balaban J connectivity index is 2.26. The Morgan fingerprint density at radius 3 is 2.82 bits per heavy atom. The zero-order chi connectivity index (χ0) is 12.3. The van der Waals surface area contributed by atoms with Gasteiger partial charge in [0.2, 0.25) is 5.28 Å². The molecule has 0 radical (unpaired) electrons. The summed E-state index contributed by atoms with van der Waals surface area (Å²) < 4.78 is 2.19. The van der Waals surface area contributed by atoms with Crippen LogP contribution in [0.3, 0.4) is 0 Å². The molecule has 0 bridgehead atoms. The van der Waals surface area contributed by atoms with E-state index in [4.69, 9.17) is 11.6 Å². The molecule has 5 heteroatoms. The maximum atomic E-state index is 6.22. The van der Waals surface area contributed by atoms with Gasteiger partial charge >= 0.3 is 0 Å². The van der Waals surface area contributed by atoms with Crippen LogP contribution in [0.5, 0.6) is 0 Å². The second kappa shape index (κ2) is 6.10. The Kier molecular flexibility index (Phi) is 4.74. The van der Waals surface area contributed by atoms with Crippen molar-refractivity contribution in [2.45, 2.75) is 56.7 Å². The summed E-state index contributed by atoms with van der Waals surface area (Å²) in [6.45, 7) is 2.17. The SMILES string of the molecule is CCCc1nnc(Cl)n1C1CCCCC1SC. The number of hydrogen-bond acceptors (Lipinski definition) is 3. The molecule has 1 aliphatic carbocycles. The largest absolute Gasteiger partial charge is 0.298 e. The van der Waals surface area contributed by atoms with E-state index in [1.54, 1.807) is 0 Å². The minimum Gasteiger partial charge on any atom is -0.298 e. The van der Waals surface area contributed by atoms with Gasteiger partial charge in [-0.2, -0.15) is 11.8 Å². The Bertz CT molecular complexity index is 367. The van der Waals surface area contributed by atoms with Crippen molar-refractivity contribution in [3.63, 3.8) is 0 Å². The third-order valence-corrected chi connectivity index (χ3v) is 4.91. The van der Waals surface area contributed by atoms with Gasteiger partial charge in [-0.05, 0) is 37.1 Å². The van der Waals surface area contributed by atoms with Gasteiger partial charge in [-0.15, -0.1) is 10.2 Å². The Morgan fingerprint density at radius 2 is 2.12 bits per heavy atom. The molecule has 0 aliphatic heterocycles. The highest BCUT2D eigenvalue weighted by Gasteiger charge is 2.29. The summed E-state index contributed by atoms with van der Waals surface area (Å²) in [5.41, 5.74) is 0. The second-order valence-corrected chi connectivity index (χ2v) is 6.05. The van der Waals surface area contributed by atoms with Crippen LogP contribution in [0.15, 0.2) is 0 Å². The average molecular weight is 274 g/mol. The lowest BCUT2D eigenvalue weighted by molar-refractivity contribution is 0.356. The van der Waals surface area contributed by atoms with Crippen LogP contribution in [0.25, 0.3) is 0 Å². The van der Waals surface area contributed by atoms with Crippen molar-refractivity contribution >= 4 is 23.4 Å². The molecule has 1 aliphatic rings. The van der Waals surface area contributed by atoms with Crippen LogP contribution in [0, 0.1) is 0 Å². The zero-order valence-electron chi connectivity index (χ0n) is 10.5. The number of hydrogen-bond donors (Lipinski definition) is 0. The molecule has 1 aromatic heterocycles. The third kappa shape index (κ3) is 2.79. The molecule has 17 heavy (non-hydrogen) atoms. The van der Waals surface area contributed by atoms with Gasteiger partial charge in [0.25, 0.3) is 0 Å². The van der Waals surface area contributed by atoms with Crippen molar-refractivity contribution in [2.24, 2.45) is 0 Å². The van der Waals surface area contributed by atoms with E-state index in [1.807, 2.05) is 11.8 Å². The molecule has 2 atom stereocenters. The smallest absolute Gasteiger partial charge is 0.225 e. The van der Waals surface area contributed by atoms with E-state index < -0.39 is 0 Å². The molecule has 0 N–H and O–H groups in total. The highest BCUT2D eigenvalue weighted by Crippen LogP contribution is 2.37. The maximum Gasteiger partial charge on any atom is 0.225 e. The van der Waals surface area contributed by atoms with E-state index in [2.05, 4.69) is 27.9 Å². The van der Waals surface area contributed by atoms with Crippen LogP contribution >= 0.6 is 23.4 Å². The molecule has 2 rings (SSSR count). The first-order valence-electron chi connectivity index (χ1n) is 6.40. The first kappa shape index (κ1) is 13.2. The van der Waals surface area contributed by atoms with Gasteiger partial charge in [0, 0.05) is 17.7 Å². The number of halogens is 1. The Labute approximate surface area is 112 Å². The van der Waals surface area contributed by atoms with Gasteiger partial charge in [-0.3, -0.25) is 4.57 Å². The predicted molar refractivity (Wildman–Crippen MR) is 73.8 cm³/mol. The molecule has 1 aromatic rings. The number of rotatable bonds is 4.